The molecule has 0 aliphatic rings. The summed E-state index contributed by atoms with van der Waals surface area (Å²) in [5, 5.41) is 15.8. The van der Waals surface area contributed by atoms with E-state index in [1.807, 2.05) is 45.0 Å². The first-order valence-corrected chi connectivity index (χ1v) is 8.16. The van der Waals surface area contributed by atoms with Crippen LogP contribution in [0.4, 0.5) is 4.79 Å². The lowest BCUT2D eigenvalue weighted by Crippen LogP contribution is -2.41. The van der Waals surface area contributed by atoms with E-state index in [9.17, 15) is 9.90 Å². The van der Waals surface area contributed by atoms with Crippen LogP contribution in [0.5, 0.6) is 0 Å². The fraction of sp³-hybridized carbons (Fsp3) is 0.588. The summed E-state index contributed by atoms with van der Waals surface area (Å²) in [6.45, 7) is 8.38. The normalized spacial score (nSPS) is 15.2. The molecule has 0 aliphatic heterocycles. The average molecular weight is 327 g/mol. The molecule has 0 spiro atoms. The van der Waals surface area contributed by atoms with Gasteiger partial charge in [-0.2, -0.15) is 0 Å². The molecule has 0 fully saturated rings. The van der Waals surface area contributed by atoms with Gasteiger partial charge >= 0.3 is 6.03 Å². The van der Waals surface area contributed by atoms with Crippen LogP contribution in [-0.4, -0.2) is 23.8 Å². The summed E-state index contributed by atoms with van der Waals surface area (Å²) in [6, 6.07) is 7.21. The van der Waals surface area contributed by atoms with Crippen LogP contribution in [-0.2, 0) is 0 Å². The Balaban J connectivity index is 2.61. The van der Waals surface area contributed by atoms with Crippen LogP contribution < -0.4 is 10.6 Å². The van der Waals surface area contributed by atoms with Crippen molar-refractivity contribution in [1.29, 1.82) is 0 Å². The Bertz CT molecular complexity index is 477. The molecule has 0 aliphatic carbocycles. The Kier molecular flexibility index (Phi) is 7.69. The number of carbonyl (C=O) groups excluding carboxylic acids is 1. The second kappa shape index (κ2) is 9.01. The second-order valence-corrected chi connectivity index (χ2v) is 6.69. The van der Waals surface area contributed by atoms with Crippen molar-refractivity contribution < 1.29 is 9.90 Å². The summed E-state index contributed by atoms with van der Waals surface area (Å²) in [4.78, 5) is 12.1. The van der Waals surface area contributed by atoms with Gasteiger partial charge in [0.05, 0.1) is 12.1 Å². The van der Waals surface area contributed by atoms with Gasteiger partial charge in [0.25, 0.3) is 0 Å². The number of benzene rings is 1. The average Bonchev–Trinajstić information content (AvgIpc) is 2.42. The molecule has 1 aromatic rings. The van der Waals surface area contributed by atoms with Gasteiger partial charge in [0, 0.05) is 11.6 Å². The minimum Gasteiger partial charge on any atom is -0.393 e. The number of rotatable bonds is 7. The van der Waals surface area contributed by atoms with Gasteiger partial charge in [0.15, 0.2) is 0 Å². The minimum atomic E-state index is -0.355. The van der Waals surface area contributed by atoms with Crippen LogP contribution in [0.2, 0.25) is 5.02 Å². The molecule has 0 saturated carbocycles. The Labute approximate surface area is 138 Å². The van der Waals surface area contributed by atoms with Crippen LogP contribution in [0.3, 0.4) is 0 Å². The highest BCUT2D eigenvalue weighted by Crippen LogP contribution is 2.27. The topological polar surface area (TPSA) is 61.4 Å². The van der Waals surface area contributed by atoms with Crippen LogP contribution in [0.25, 0.3) is 0 Å². The molecular weight excluding hydrogens is 300 g/mol. The molecule has 0 heterocycles. The molecule has 0 bridgehead atoms. The van der Waals surface area contributed by atoms with Crippen molar-refractivity contribution in [2.75, 3.05) is 6.54 Å². The maximum atomic E-state index is 12.1. The molecule has 3 unspecified atom stereocenters. The third kappa shape index (κ3) is 6.24. The van der Waals surface area contributed by atoms with Crippen molar-refractivity contribution in [3.8, 4) is 0 Å². The molecule has 5 heteroatoms. The fourth-order valence-electron chi connectivity index (χ4n) is 2.46. The van der Waals surface area contributed by atoms with Gasteiger partial charge < -0.3 is 15.7 Å². The van der Waals surface area contributed by atoms with E-state index >= 15 is 0 Å². The molecule has 4 nitrogen and oxygen atoms in total. The predicted molar refractivity (Wildman–Crippen MR) is 91.0 cm³/mol. The largest absolute Gasteiger partial charge is 0.393 e. The highest BCUT2D eigenvalue weighted by Gasteiger charge is 2.20. The highest BCUT2D eigenvalue weighted by molar-refractivity contribution is 6.31. The van der Waals surface area contributed by atoms with E-state index in [1.165, 1.54) is 0 Å². The number of amides is 2. The van der Waals surface area contributed by atoms with E-state index in [-0.39, 0.29) is 30.0 Å². The Morgan fingerprint density at radius 3 is 2.41 bits per heavy atom. The van der Waals surface area contributed by atoms with Crippen molar-refractivity contribution in [2.24, 2.45) is 11.8 Å². The lowest BCUT2D eigenvalue weighted by Gasteiger charge is -2.24. The molecule has 1 aromatic carbocycles. The number of aliphatic hydroxyl groups excluding tert-OH is 1. The number of carbonyl (C=O) groups is 1. The Morgan fingerprint density at radius 1 is 1.23 bits per heavy atom. The van der Waals surface area contributed by atoms with Crippen LogP contribution >= 0.6 is 11.6 Å². The Hall–Kier alpha value is -1.26. The van der Waals surface area contributed by atoms with Crippen molar-refractivity contribution in [1.82, 2.24) is 10.6 Å². The molecule has 0 saturated heterocycles. The van der Waals surface area contributed by atoms with E-state index in [4.69, 9.17) is 11.6 Å². The molecule has 22 heavy (non-hydrogen) atoms. The first kappa shape index (κ1) is 18.8. The summed E-state index contributed by atoms with van der Waals surface area (Å²) in [5.74, 6) is 0.448. The molecule has 0 radical (unpaired) electrons. The monoisotopic (exact) mass is 326 g/mol. The first-order chi connectivity index (χ1) is 10.3. The number of nitrogens with one attached hydrogen (secondary N) is 2. The fourth-order valence-corrected chi connectivity index (χ4v) is 2.71. The molecule has 1 rings (SSSR count). The molecule has 3 atom stereocenters. The SMILES string of the molecule is CC(O)CC(C)CNC(=O)NC(c1ccccc1Cl)C(C)C. The highest BCUT2D eigenvalue weighted by atomic mass is 35.5. The number of aliphatic hydroxyl groups is 1. The lowest BCUT2D eigenvalue weighted by atomic mass is 9.96. The smallest absolute Gasteiger partial charge is 0.315 e. The van der Waals surface area contributed by atoms with Crippen molar-refractivity contribution in [3.63, 3.8) is 0 Å². The van der Waals surface area contributed by atoms with Crippen molar-refractivity contribution in [3.05, 3.63) is 34.9 Å². The summed E-state index contributed by atoms with van der Waals surface area (Å²) in [5.41, 5.74) is 0.923. The molecule has 2 amide bonds. The zero-order valence-corrected chi connectivity index (χ0v) is 14.5. The summed E-state index contributed by atoms with van der Waals surface area (Å²) < 4.78 is 0. The van der Waals surface area contributed by atoms with Gasteiger partial charge in [-0.1, -0.05) is 50.6 Å². The van der Waals surface area contributed by atoms with Gasteiger partial charge in [-0.3, -0.25) is 0 Å². The molecular formula is C17H27ClN2O2. The molecule has 3 N–H and O–H groups in total. The van der Waals surface area contributed by atoms with E-state index in [2.05, 4.69) is 10.6 Å². The summed E-state index contributed by atoms with van der Waals surface area (Å²) >= 11 is 6.23. The van der Waals surface area contributed by atoms with Gasteiger partial charge in [0.1, 0.15) is 0 Å². The maximum Gasteiger partial charge on any atom is 0.315 e. The van der Waals surface area contributed by atoms with E-state index in [0.717, 1.165) is 5.56 Å². The van der Waals surface area contributed by atoms with Gasteiger partial charge in [0.2, 0.25) is 0 Å². The number of urea groups is 1. The van der Waals surface area contributed by atoms with Crippen molar-refractivity contribution >= 4 is 17.6 Å². The van der Waals surface area contributed by atoms with E-state index < -0.39 is 0 Å². The number of hydrogen-bond donors (Lipinski definition) is 3. The van der Waals surface area contributed by atoms with Crippen LogP contribution in [0.15, 0.2) is 24.3 Å². The van der Waals surface area contributed by atoms with E-state index in [1.54, 1.807) is 6.92 Å². The lowest BCUT2D eigenvalue weighted by molar-refractivity contribution is 0.163. The van der Waals surface area contributed by atoms with Gasteiger partial charge in [-0.25, -0.2) is 4.79 Å². The Morgan fingerprint density at radius 2 is 1.86 bits per heavy atom. The first-order valence-electron chi connectivity index (χ1n) is 7.78. The van der Waals surface area contributed by atoms with Crippen LogP contribution in [0.1, 0.15) is 45.7 Å². The predicted octanol–water partition coefficient (Wildman–Crippen LogP) is 3.74. The maximum absolute atomic E-state index is 12.1. The minimum absolute atomic E-state index is 0.138. The zero-order chi connectivity index (χ0) is 16.7. The van der Waals surface area contributed by atoms with Crippen LogP contribution in [0, 0.1) is 11.8 Å². The van der Waals surface area contributed by atoms with Gasteiger partial charge in [-0.15, -0.1) is 0 Å². The van der Waals surface area contributed by atoms with E-state index in [0.29, 0.717) is 18.0 Å². The number of hydrogen-bond acceptors (Lipinski definition) is 2. The number of halogens is 1. The second-order valence-electron chi connectivity index (χ2n) is 6.29. The summed E-state index contributed by atoms with van der Waals surface area (Å²) in [6.07, 6.45) is 0.310. The quantitative estimate of drug-likeness (QED) is 0.714. The van der Waals surface area contributed by atoms with Crippen molar-refractivity contribution in [2.45, 2.75) is 46.3 Å². The molecule has 0 aromatic heterocycles. The third-order valence-electron chi connectivity index (χ3n) is 3.55. The molecule has 124 valence electrons. The zero-order valence-electron chi connectivity index (χ0n) is 13.8. The van der Waals surface area contributed by atoms with Gasteiger partial charge in [-0.05, 0) is 36.8 Å². The standard InChI is InChI=1S/C17H27ClN2O2/c1-11(2)16(14-7-5-6-8-15(14)18)20-17(22)19-10-12(3)9-13(4)21/h5-8,11-13,16,21H,9-10H2,1-4H3,(H2,19,20,22). The summed E-state index contributed by atoms with van der Waals surface area (Å²) in [7, 11) is 0. The third-order valence-corrected chi connectivity index (χ3v) is 3.89.